The maximum atomic E-state index is 13.1. The second-order valence-corrected chi connectivity index (χ2v) is 7.98. The molecule has 1 unspecified atom stereocenters. The van der Waals surface area contributed by atoms with Crippen LogP contribution in [0, 0.1) is 0 Å². The molecule has 3 aromatic rings. The van der Waals surface area contributed by atoms with Crippen molar-refractivity contribution in [3.63, 3.8) is 0 Å². The predicted octanol–water partition coefficient (Wildman–Crippen LogP) is 1.99. The number of hydrogen-bond acceptors (Lipinski definition) is 6. The summed E-state index contributed by atoms with van der Waals surface area (Å²) in [6, 6.07) is 14.5. The summed E-state index contributed by atoms with van der Waals surface area (Å²) in [6.45, 7) is 3.39. The van der Waals surface area contributed by atoms with Crippen molar-refractivity contribution in [2.75, 3.05) is 13.1 Å². The molecule has 1 saturated heterocycles. The number of hydrogen-bond donors (Lipinski definition) is 0. The minimum atomic E-state index is 0.0391. The minimum Gasteiger partial charge on any atom is -0.332 e. The SMILES string of the molecule is O=C(Cn1nnnc1CN1CCc2ccccc2C1)N1CCCC1c1ccccn1. The van der Waals surface area contributed by atoms with E-state index < -0.39 is 0 Å². The Hall–Kier alpha value is -3.13. The van der Waals surface area contributed by atoms with Crippen molar-refractivity contribution in [1.29, 1.82) is 0 Å². The molecule has 2 aliphatic rings. The highest BCUT2D eigenvalue weighted by atomic mass is 16.2. The predicted molar refractivity (Wildman–Crippen MR) is 110 cm³/mol. The Kier molecular flexibility index (Phi) is 5.23. The summed E-state index contributed by atoms with van der Waals surface area (Å²) in [5.74, 6) is 0.775. The van der Waals surface area contributed by atoms with E-state index in [1.807, 2.05) is 23.1 Å². The highest BCUT2D eigenvalue weighted by molar-refractivity contribution is 5.76. The summed E-state index contributed by atoms with van der Waals surface area (Å²) in [7, 11) is 0. The van der Waals surface area contributed by atoms with Crippen LogP contribution in [0.2, 0.25) is 0 Å². The molecule has 0 bridgehead atoms. The number of nitrogens with zero attached hydrogens (tertiary/aromatic N) is 7. The maximum Gasteiger partial charge on any atom is 0.245 e. The molecule has 2 aliphatic heterocycles. The Bertz CT molecular complexity index is 1020. The van der Waals surface area contributed by atoms with Gasteiger partial charge in [-0.05, 0) is 52.9 Å². The molecule has 30 heavy (non-hydrogen) atoms. The summed E-state index contributed by atoms with van der Waals surface area (Å²) in [5, 5.41) is 12.1. The standard InChI is InChI=1S/C22H25N7O/c30-22(28-12-5-9-20(28)19-8-3-4-11-23-19)16-29-21(24-25-26-29)15-27-13-10-17-6-1-2-7-18(17)14-27/h1-4,6-8,11,20H,5,9-10,12-16H2. The molecule has 1 amide bonds. The number of benzene rings is 1. The quantitative estimate of drug-likeness (QED) is 0.648. The van der Waals surface area contributed by atoms with Crippen LogP contribution in [0.15, 0.2) is 48.7 Å². The van der Waals surface area contributed by atoms with E-state index >= 15 is 0 Å². The summed E-state index contributed by atoms with van der Waals surface area (Å²) >= 11 is 0. The monoisotopic (exact) mass is 403 g/mol. The van der Waals surface area contributed by atoms with E-state index in [-0.39, 0.29) is 18.5 Å². The van der Waals surface area contributed by atoms with Crippen LogP contribution in [-0.4, -0.2) is 54.0 Å². The number of carbonyl (C=O) groups excluding carboxylic acids is 1. The zero-order valence-corrected chi connectivity index (χ0v) is 16.9. The average molecular weight is 403 g/mol. The number of amides is 1. The normalized spacial score (nSPS) is 19.1. The van der Waals surface area contributed by atoms with Crippen LogP contribution >= 0.6 is 0 Å². The van der Waals surface area contributed by atoms with Gasteiger partial charge in [0.15, 0.2) is 5.82 Å². The largest absolute Gasteiger partial charge is 0.332 e. The first-order valence-corrected chi connectivity index (χ1v) is 10.5. The Labute approximate surface area is 175 Å². The topological polar surface area (TPSA) is 80.0 Å². The van der Waals surface area contributed by atoms with Gasteiger partial charge in [-0.25, -0.2) is 4.68 Å². The Morgan fingerprint density at radius 3 is 2.80 bits per heavy atom. The molecule has 8 heteroatoms. The minimum absolute atomic E-state index is 0.0391. The van der Waals surface area contributed by atoms with Gasteiger partial charge >= 0.3 is 0 Å². The number of likely N-dealkylation sites (tertiary alicyclic amines) is 1. The molecule has 4 heterocycles. The van der Waals surface area contributed by atoms with E-state index in [1.165, 1.54) is 11.1 Å². The summed E-state index contributed by atoms with van der Waals surface area (Å²) < 4.78 is 1.65. The molecule has 0 saturated carbocycles. The zero-order chi connectivity index (χ0) is 20.3. The van der Waals surface area contributed by atoms with E-state index in [1.54, 1.807) is 10.9 Å². The van der Waals surface area contributed by atoms with Crippen molar-refractivity contribution in [2.24, 2.45) is 0 Å². The lowest BCUT2D eigenvalue weighted by Gasteiger charge is -2.28. The zero-order valence-electron chi connectivity index (χ0n) is 16.9. The van der Waals surface area contributed by atoms with Gasteiger partial charge < -0.3 is 4.90 Å². The van der Waals surface area contributed by atoms with Gasteiger partial charge in [0.05, 0.1) is 18.3 Å². The van der Waals surface area contributed by atoms with Gasteiger partial charge in [-0.2, -0.15) is 0 Å². The van der Waals surface area contributed by atoms with Crippen molar-refractivity contribution in [3.05, 3.63) is 71.3 Å². The molecular weight excluding hydrogens is 378 g/mol. The highest BCUT2D eigenvalue weighted by Gasteiger charge is 2.31. The van der Waals surface area contributed by atoms with Crippen LogP contribution in [0.5, 0.6) is 0 Å². The Morgan fingerprint density at radius 1 is 1.07 bits per heavy atom. The lowest BCUT2D eigenvalue weighted by Crippen LogP contribution is -2.35. The van der Waals surface area contributed by atoms with Gasteiger partial charge in [0.2, 0.25) is 5.91 Å². The van der Waals surface area contributed by atoms with Gasteiger partial charge in [-0.15, -0.1) is 5.10 Å². The first-order chi connectivity index (χ1) is 14.8. The van der Waals surface area contributed by atoms with Crippen molar-refractivity contribution < 1.29 is 4.79 Å². The molecule has 1 aromatic carbocycles. The van der Waals surface area contributed by atoms with Crippen molar-refractivity contribution in [2.45, 2.75) is 44.9 Å². The molecule has 0 aliphatic carbocycles. The summed E-state index contributed by atoms with van der Waals surface area (Å²) in [4.78, 5) is 21.8. The van der Waals surface area contributed by atoms with Gasteiger partial charge in [0.1, 0.15) is 6.54 Å². The van der Waals surface area contributed by atoms with E-state index in [0.29, 0.717) is 6.54 Å². The second kappa shape index (κ2) is 8.31. The second-order valence-electron chi connectivity index (χ2n) is 7.98. The van der Waals surface area contributed by atoms with E-state index in [4.69, 9.17) is 0 Å². The molecule has 5 rings (SSSR count). The third-order valence-corrected chi connectivity index (χ3v) is 6.07. The molecule has 2 aromatic heterocycles. The lowest BCUT2D eigenvalue weighted by molar-refractivity contribution is -0.133. The van der Waals surface area contributed by atoms with E-state index in [2.05, 4.69) is 49.7 Å². The van der Waals surface area contributed by atoms with Crippen LogP contribution < -0.4 is 0 Å². The molecule has 1 atom stereocenters. The molecule has 0 N–H and O–H groups in total. The van der Waals surface area contributed by atoms with Crippen LogP contribution in [0.1, 0.15) is 41.5 Å². The number of carbonyl (C=O) groups is 1. The van der Waals surface area contributed by atoms with Gasteiger partial charge in [-0.1, -0.05) is 30.3 Å². The molecule has 0 spiro atoms. The van der Waals surface area contributed by atoms with Crippen LogP contribution in [0.3, 0.4) is 0 Å². The number of aromatic nitrogens is 5. The first-order valence-electron chi connectivity index (χ1n) is 10.5. The molecular formula is C22H25N7O. The maximum absolute atomic E-state index is 13.1. The number of fused-ring (bicyclic) bond motifs is 1. The Balaban J connectivity index is 1.26. The number of rotatable bonds is 5. The smallest absolute Gasteiger partial charge is 0.245 e. The molecule has 154 valence electrons. The van der Waals surface area contributed by atoms with Gasteiger partial charge in [0.25, 0.3) is 0 Å². The van der Waals surface area contributed by atoms with E-state index in [9.17, 15) is 4.79 Å². The van der Waals surface area contributed by atoms with Gasteiger partial charge in [0, 0.05) is 25.8 Å². The molecule has 0 radical (unpaired) electrons. The molecule has 1 fully saturated rings. The lowest BCUT2D eigenvalue weighted by atomic mass is 10.00. The van der Waals surface area contributed by atoms with Crippen LogP contribution in [-0.2, 0) is 30.8 Å². The number of pyridine rings is 1. The van der Waals surface area contributed by atoms with Crippen LogP contribution in [0.25, 0.3) is 0 Å². The van der Waals surface area contributed by atoms with Crippen LogP contribution in [0.4, 0.5) is 0 Å². The summed E-state index contributed by atoms with van der Waals surface area (Å²) in [5.41, 5.74) is 3.72. The third-order valence-electron chi connectivity index (χ3n) is 6.07. The third kappa shape index (κ3) is 3.82. The fourth-order valence-electron chi connectivity index (χ4n) is 4.51. The van der Waals surface area contributed by atoms with Crippen molar-refractivity contribution >= 4 is 5.91 Å². The van der Waals surface area contributed by atoms with E-state index in [0.717, 1.165) is 50.4 Å². The molecule has 8 nitrogen and oxygen atoms in total. The Morgan fingerprint density at radius 2 is 1.93 bits per heavy atom. The van der Waals surface area contributed by atoms with Gasteiger partial charge in [-0.3, -0.25) is 14.7 Å². The highest BCUT2D eigenvalue weighted by Crippen LogP contribution is 2.30. The number of tetrazole rings is 1. The van der Waals surface area contributed by atoms with Crippen molar-refractivity contribution in [1.82, 2.24) is 35.0 Å². The first kappa shape index (κ1) is 18.9. The summed E-state index contributed by atoms with van der Waals surface area (Å²) in [6.07, 6.45) is 4.74. The fraction of sp³-hybridized carbons (Fsp3) is 0.409. The fourth-order valence-corrected chi connectivity index (χ4v) is 4.51. The average Bonchev–Trinajstić information content (AvgIpc) is 3.44. The van der Waals surface area contributed by atoms with Crippen molar-refractivity contribution in [3.8, 4) is 0 Å².